The number of alkyl halides is 1. The van der Waals surface area contributed by atoms with Gasteiger partial charge >= 0.3 is 0 Å². The van der Waals surface area contributed by atoms with Gasteiger partial charge in [-0.15, -0.1) is 11.6 Å². The van der Waals surface area contributed by atoms with Crippen molar-refractivity contribution in [2.24, 2.45) is 0 Å². The Morgan fingerprint density at radius 1 is 1.06 bits per heavy atom. The zero-order chi connectivity index (χ0) is 13.1. The van der Waals surface area contributed by atoms with Gasteiger partial charge in [0, 0.05) is 4.47 Å². The summed E-state index contributed by atoms with van der Waals surface area (Å²) in [5, 5.41) is -0.271. The van der Waals surface area contributed by atoms with E-state index in [1.807, 2.05) is 24.3 Å². The zero-order valence-corrected chi connectivity index (χ0v) is 11.7. The Morgan fingerprint density at radius 2 is 1.83 bits per heavy atom. The summed E-state index contributed by atoms with van der Waals surface area (Å²) in [6.45, 7) is 0. The first-order valence-corrected chi connectivity index (χ1v) is 6.62. The van der Waals surface area contributed by atoms with E-state index in [2.05, 4.69) is 15.9 Å². The number of rotatable bonds is 3. The fraction of sp³-hybridized carbons (Fsp3) is 0.143. The van der Waals surface area contributed by atoms with E-state index in [1.54, 1.807) is 6.07 Å². The first kappa shape index (κ1) is 13.5. The second-order valence-corrected chi connectivity index (χ2v) is 5.42. The third-order valence-electron chi connectivity index (χ3n) is 2.61. The average Bonchev–Trinajstić information content (AvgIpc) is 2.34. The predicted molar refractivity (Wildman–Crippen MR) is 72.8 cm³/mol. The minimum atomic E-state index is -0.842. The standard InChI is InChI=1S/C14H10BrClF2/c15-11-3-1-2-10(8-11)12(16)6-9-4-5-13(17)14(18)7-9/h1-5,7-8,12H,6H2. The maximum Gasteiger partial charge on any atom is 0.159 e. The van der Waals surface area contributed by atoms with E-state index in [4.69, 9.17) is 11.6 Å². The number of hydrogen-bond acceptors (Lipinski definition) is 0. The van der Waals surface area contributed by atoms with Crippen molar-refractivity contribution in [3.63, 3.8) is 0 Å². The molecule has 0 amide bonds. The summed E-state index contributed by atoms with van der Waals surface area (Å²) < 4.78 is 26.8. The lowest BCUT2D eigenvalue weighted by atomic mass is 10.0. The lowest BCUT2D eigenvalue weighted by Crippen LogP contribution is -1.97. The Labute approximate surface area is 118 Å². The van der Waals surface area contributed by atoms with Gasteiger partial charge in [-0.25, -0.2) is 8.78 Å². The summed E-state index contributed by atoms with van der Waals surface area (Å²) in [5.41, 5.74) is 1.62. The van der Waals surface area contributed by atoms with Gasteiger partial charge < -0.3 is 0 Å². The first-order chi connectivity index (χ1) is 8.56. The van der Waals surface area contributed by atoms with Crippen LogP contribution in [0.5, 0.6) is 0 Å². The molecule has 2 rings (SSSR count). The maximum atomic E-state index is 13.1. The van der Waals surface area contributed by atoms with Gasteiger partial charge in [0.1, 0.15) is 0 Å². The van der Waals surface area contributed by atoms with E-state index >= 15 is 0 Å². The van der Waals surface area contributed by atoms with E-state index in [0.29, 0.717) is 12.0 Å². The zero-order valence-electron chi connectivity index (χ0n) is 9.34. The summed E-state index contributed by atoms with van der Waals surface area (Å²) in [6, 6.07) is 11.5. The van der Waals surface area contributed by atoms with Crippen molar-refractivity contribution < 1.29 is 8.78 Å². The minimum Gasteiger partial charge on any atom is -0.204 e. The molecule has 4 heteroatoms. The van der Waals surface area contributed by atoms with Crippen LogP contribution in [0.2, 0.25) is 0 Å². The number of halogens is 4. The Balaban J connectivity index is 2.16. The lowest BCUT2D eigenvalue weighted by molar-refractivity contribution is 0.507. The maximum absolute atomic E-state index is 13.1. The second kappa shape index (κ2) is 5.81. The molecule has 0 heterocycles. The van der Waals surface area contributed by atoms with Crippen LogP contribution >= 0.6 is 27.5 Å². The van der Waals surface area contributed by atoms with Gasteiger partial charge in [0.15, 0.2) is 11.6 Å². The van der Waals surface area contributed by atoms with Crippen molar-refractivity contribution >= 4 is 27.5 Å². The first-order valence-electron chi connectivity index (χ1n) is 5.40. The normalized spacial score (nSPS) is 12.4. The highest BCUT2D eigenvalue weighted by Gasteiger charge is 2.11. The molecule has 0 saturated heterocycles. The van der Waals surface area contributed by atoms with E-state index in [1.165, 1.54) is 6.07 Å². The summed E-state index contributed by atoms with van der Waals surface area (Å²) in [5.74, 6) is -1.68. The average molecular weight is 332 g/mol. The molecule has 0 bridgehead atoms. The molecular weight excluding hydrogens is 322 g/mol. The van der Waals surface area contributed by atoms with Crippen LogP contribution in [0.15, 0.2) is 46.9 Å². The van der Waals surface area contributed by atoms with Crippen LogP contribution in [-0.2, 0) is 6.42 Å². The molecule has 18 heavy (non-hydrogen) atoms. The highest BCUT2D eigenvalue weighted by molar-refractivity contribution is 9.10. The van der Waals surface area contributed by atoms with E-state index in [0.717, 1.165) is 16.1 Å². The van der Waals surface area contributed by atoms with Gasteiger partial charge in [-0.3, -0.25) is 0 Å². The largest absolute Gasteiger partial charge is 0.204 e. The molecule has 0 aliphatic carbocycles. The molecule has 0 aromatic heterocycles. The molecule has 0 fully saturated rings. The monoisotopic (exact) mass is 330 g/mol. The van der Waals surface area contributed by atoms with Gasteiger partial charge in [-0.1, -0.05) is 34.1 Å². The van der Waals surface area contributed by atoms with Crippen LogP contribution in [0, 0.1) is 11.6 Å². The molecule has 0 nitrogen and oxygen atoms in total. The lowest BCUT2D eigenvalue weighted by Gasteiger charge is -2.10. The smallest absolute Gasteiger partial charge is 0.159 e. The fourth-order valence-electron chi connectivity index (χ4n) is 1.69. The fourth-order valence-corrected chi connectivity index (χ4v) is 2.42. The van der Waals surface area contributed by atoms with Gasteiger partial charge in [0.2, 0.25) is 0 Å². The Morgan fingerprint density at radius 3 is 2.50 bits per heavy atom. The van der Waals surface area contributed by atoms with Crippen molar-refractivity contribution in [1.82, 2.24) is 0 Å². The van der Waals surface area contributed by atoms with Gasteiger partial charge in [-0.05, 0) is 41.8 Å². The topological polar surface area (TPSA) is 0 Å². The molecule has 0 saturated carbocycles. The molecule has 1 atom stereocenters. The van der Waals surface area contributed by atoms with Gasteiger partial charge in [0.25, 0.3) is 0 Å². The third-order valence-corrected chi connectivity index (χ3v) is 3.51. The highest BCUT2D eigenvalue weighted by atomic mass is 79.9. The van der Waals surface area contributed by atoms with Crippen molar-refractivity contribution in [3.05, 3.63) is 69.7 Å². The van der Waals surface area contributed by atoms with Crippen molar-refractivity contribution in [2.45, 2.75) is 11.8 Å². The van der Waals surface area contributed by atoms with E-state index in [9.17, 15) is 8.78 Å². The molecule has 0 N–H and O–H groups in total. The molecule has 0 aliphatic heterocycles. The number of benzene rings is 2. The molecule has 94 valence electrons. The van der Waals surface area contributed by atoms with Crippen LogP contribution in [-0.4, -0.2) is 0 Å². The number of hydrogen-bond donors (Lipinski definition) is 0. The Hall–Kier alpha value is -0.930. The van der Waals surface area contributed by atoms with Crippen LogP contribution in [0.1, 0.15) is 16.5 Å². The van der Waals surface area contributed by atoms with E-state index in [-0.39, 0.29) is 5.38 Å². The summed E-state index contributed by atoms with van der Waals surface area (Å²) >= 11 is 9.64. The van der Waals surface area contributed by atoms with Crippen molar-refractivity contribution in [3.8, 4) is 0 Å². The highest BCUT2D eigenvalue weighted by Crippen LogP contribution is 2.27. The molecule has 2 aromatic carbocycles. The van der Waals surface area contributed by atoms with Crippen LogP contribution in [0.25, 0.3) is 0 Å². The Kier molecular flexibility index (Phi) is 4.36. The van der Waals surface area contributed by atoms with E-state index < -0.39 is 11.6 Å². The van der Waals surface area contributed by atoms with Crippen LogP contribution in [0.4, 0.5) is 8.78 Å². The van der Waals surface area contributed by atoms with Crippen LogP contribution < -0.4 is 0 Å². The Bertz CT molecular complexity index is 557. The van der Waals surface area contributed by atoms with Gasteiger partial charge in [0.05, 0.1) is 5.38 Å². The summed E-state index contributed by atoms with van der Waals surface area (Å²) in [7, 11) is 0. The predicted octanol–water partition coefficient (Wildman–Crippen LogP) is 5.25. The minimum absolute atomic E-state index is 0.271. The third kappa shape index (κ3) is 3.30. The molecule has 1 unspecified atom stereocenters. The molecule has 2 aromatic rings. The molecule has 0 spiro atoms. The van der Waals surface area contributed by atoms with Crippen molar-refractivity contribution in [2.75, 3.05) is 0 Å². The van der Waals surface area contributed by atoms with Crippen molar-refractivity contribution in [1.29, 1.82) is 0 Å². The molecular formula is C14H10BrClF2. The molecule has 0 radical (unpaired) electrons. The summed E-state index contributed by atoms with van der Waals surface area (Å²) in [6.07, 6.45) is 0.454. The van der Waals surface area contributed by atoms with Gasteiger partial charge in [-0.2, -0.15) is 0 Å². The summed E-state index contributed by atoms with van der Waals surface area (Å²) in [4.78, 5) is 0. The quantitative estimate of drug-likeness (QED) is 0.674. The molecule has 0 aliphatic rings. The van der Waals surface area contributed by atoms with Crippen LogP contribution in [0.3, 0.4) is 0 Å². The SMILES string of the molecule is Fc1ccc(CC(Cl)c2cccc(Br)c2)cc1F. The second-order valence-electron chi connectivity index (χ2n) is 3.98.